The highest BCUT2D eigenvalue weighted by Gasteiger charge is 2.18. The fourth-order valence-electron chi connectivity index (χ4n) is 2.35. The lowest BCUT2D eigenvalue weighted by Gasteiger charge is -2.11. The number of carbonyl (C=O) groups is 1. The van der Waals surface area contributed by atoms with E-state index in [1.54, 1.807) is 6.07 Å². The Labute approximate surface area is 120 Å². The van der Waals surface area contributed by atoms with Crippen molar-refractivity contribution in [1.29, 1.82) is 0 Å². The number of ketones is 1. The summed E-state index contributed by atoms with van der Waals surface area (Å²) in [5.41, 5.74) is 3.56. The monoisotopic (exact) mass is 320 g/mol. The predicted molar refractivity (Wildman–Crippen MR) is 78.2 cm³/mol. The van der Waals surface area contributed by atoms with Crippen LogP contribution in [0.1, 0.15) is 32.6 Å². The van der Waals surface area contributed by atoms with E-state index in [0.717, 1.165) is 16.7 Å². The Morgan fingerprint density at radius 2 is 1.63 bits per heavy atom. The molecule has 0 bridgehead atoms. The summed E-state index contributed by atoms with van der Waals surface area (Å²) in [5.74, 6) is -0.765. The molecule has 2 rings (SSSR count). The molecule has 1 nitrogen and oxygen atoms in total. The molecule has 0 saturated carbocycles. The maximum Gasteiger partial charge on any atom is 0.196 e. The standard InChI is InChI=1S/C16H14BrFO/c1-9-6-10(2)15(11(3)7-9)16(19)13-5-4-12(17)8-14(13)18/h4-8H,1-3H3. The van der Waals surface area contributed by atoms with Gasteiger partial charge >= 0.3 is 0 Å². The van der Waals surface area contributed by atoms with E-state index in [0.29, 0.717) is 10.0 Å². The van der Waals surface area contributed by atoms with Crippen LogP contribution in [0.15, 0.2) is 34.8 Å². The van der Waals surface area contributed by atoms with Gasteiger partial charge in [-0.2, -0.15) is 0 Å². The van der Waals surface area contributed by atoms with Gasteiger partial charge in [0.1, 0.15) is 5.82 Å². The first-order valence-corrected chi connectivity index (χ1v) is 6.77. The second kappa shape index (κ2) is 5.25. The number of aryl methyl sites for hydroxylation is 3. The smallest absolute Gasteiger partial charge is 0.196 e. The van der Waals surface area contributed by atoms with Crippen molar-refractivity contribution in [2.24, 2.45) is 0 Å². The van der Waals surface area contributed by atoms with E-state index in [9.17, 15) is 9.18 Å². The topological polar surface area (TPSA) is 17.1 Å². The van der Waals surface area contributed by atoms with Gasteiger partial charge in [-0.1, -0.05) is 33.6 Å². The number of hydrogen-bond donors (Lipinski definition) is 0. The number of hydrogen-bond acceptors (Lipinski definition) is 1. The summed E-state index contributed by atoms with van der Waals surface area (Å²) < 4.78 is 14.5. The van der Waals surface area contributed by atoms with Gasteiger partial charge in [-0.3, -0.25) is 4.79 Å². The van der Waals surface area contributed by atoms with Crippen molar-refractivity contribution < 1.29 is 9.18 Å². The Kier molecular flexibility index (Phi) is 3.85. The summed E-state index contributed by atoms with van der Waals surface area (Å²) in [7, 11) is 0. The van der Waals surface area contributed by atoms with Crippen LogP contribution in [0.3, 0.4) is 0 Å². The number of carbonyl (C=O) groups excluding carboxylic acids is 1. The second-order valence-electron chi connectivity index (χ2n) is 4.73. The van der Waals surface area contributed by atoms with Crippen LogP contribution in [0.5, 0.6) is 0 Å². The third-order valence-electron chi connectivity index (χ3n) is 3.08. The van der Waals surface area contributed by atoms with Gasteiger partial charge in [-0.05, 0) is 50.1 Å². The van der Waals surface area contributed by atoms with Crippen molar-refractivity contribution in [3.05, 3.63) is 68.4 Å². The van der Waals surface area contributed by atoms with Crippen LogP contribution in [-0.4, -0.2) is 5.78 Å². The first-order chi connectivity index (χ1) is 8.90. The van der Waals surface area contributed by atoms with Crippen molar-refractivity contribution in [1.82, 2.24) is 0 Å². The molecular weight excluding hydrogens is 307 g/mol. The molecule has 0 spiro atoms. The van der Waals surface area contributed by atoms with Crippen molar-refractivity contribution in [3.63, 3.8) is 0 Å². The molecule has 2 aromatic rings. The average Bonchev–Trinajstić information content (AvgIpc) is 2.26. The van der Waals surface area contributed by atoms with Gasteiger partial charge < -0.3 is 0 Å². The van der Waals surface area contributed by atoms with Crippen LogP contribution in [0.25, 0.3) is 0 Å². The summed E-state index contributed by atoms with van der Waals surface area (Å²) in [6.07, 6.45) is 0. The normalized spacial score (nSPS) is 10.6. The summed E-state index contributed by atoms with van der Waals surface area (Å²) in [5, 5.41) is 0. The lowest BCUT2D eigenvalue weighted by molar-refractivity contribution is 0.103. The molecule has 98 valence electrons. The Bertz CT molecular complexity index is 639. The van der Waals surface area contributed by atoms with Crippen LogP contribution >= 0.6 is 15.9 Å². The molecule has 0 N–H and O–H groups in total. The Morgan fingerprint density at radius 1 is 1.05 bits per heavy atom. The third-order valence-corrected chi connectivity index (χ3v) is 3.57. The van der Waals surface area contributed by atoms with Crippen molar-refractivity contribution in [2.45, 2.75) is 20.8 Å². The molecule has 0 radical (unpaired) electrons. The van der Waals surface area contributed by atoms with Crippen molar-refractivity contribution in [3.8, 4) is 0 Å². The van der Waals surface area contributed by atoms with Crippen molar-refractivity contribution >= 4 is 21.7 Å². The summed E-state index contributed by atoms with van der Waals surface area (Å²) >= 11 is 3.19. The molecular formula is C16H14BrFO. The van der Waals surface area contributed by atoms with E-state index < -0.39 is 5.82 Å². The first-order valence-electron chi connectivity index (χ1n) is 5.97. The van der Waals surface area contributed by atoms with Gasteiger partial charge in [0, 0.05) is 10.0 Å². The molecule has 0 heterocycles. The van der Waals surface area contributed by atoms with Crippen LogP contribution in [0.4, 0.5) is 4.39 Å². The first kappa shape index (κ1) is 13.9. The molecule has 0 atom stereocenters. The zero-order chi connectivity index (χ0) is 14.2. The molecule has 0 aliphatic rings. The van der Waals surface area contributed by atoms with Gasteiger partial charge in [0.15, 0.2) is 5.78 Å². The van der Waals surface area contributed by atoms with Crippen LogP contribution in [0.2, 0.25) is 0 Å². The molecule has 0 aromatic heterocycles. The Balaban J connectivity index is 2.56. The maximum atomic E-state index is 13.9. The van der Waals surface area contributed by atoms with E-state index in [1.807, 2.05) is 32.9 Å². The highest BCUT2D eigenvalue weighted by Crippen LogP contribution is 2.23. The molecule has 0 saturated heterocycles. The van der Waals surface area contributed by atoms with Gasteiger partial charge in [-0.15, -0.1) is 0 Å². The largest absolute Gasteiger partial charge is 0.288 e. The summed E-state index contributed by atoms with van der Waals surface area (Å²) in [6, 6.07) is 8.38. The number of benzene rings is 2. The van der Waals surface area contributed by atoms with E-state index >= 15 is 0 Å². The van der Waals surface area contributed by atoms with Gasteiger partial charge in [0.25, 0.3) is 0 Å². The highest BCUT2D eigenvalue weighted by atomic mass is 79.9. The van der Waals surface area contributed by atoms with E-state index in [-0.39, 0.29) is 11.3 Å². The Morgan fingerprint density at radius 3 is 2.16 bits per heavy atom. The molecule has 2 aromatic carbocycles. The maximum absolute atomic E-state index is 13.9. The van der Waals surface area contributed by atoms with Crippen LogP contribution in [0, 0.1) is 26.6 Å². The fraction of sp³-hybridized carbons (Fsp3) is 0.188. The molecule has 0 aliphatic carbocycles. The van der Waals surface area contributed by atoms with Gasteiger partial charge in [0.2, 0.25) is 0 Å². The molecule has 19 heavy (non-hydrogen) atoms. The predicted octanol–water partition coefficient (Wildman–Crippen LogP) is 4.74. The van der Waals surface area contributed by atoms with Gasteiger partial charge in [0.05, 0.1) is 5.56 Å². The Hall–Kier alpha value is -1.48. The molecule has 3 heteroatoms. The van der Waals surface area contributed by atoms with Gasteiger partial charge in [-0.25, -0.2) is 4.39 Å². The lowest BCUT2D eigenvalue weighted by atomic mass is 9.93. The summed E-state index contributed by atoms with van der Waals surface area (Å²) in [4.78, 5) is 12.5. The van der Waals surface area contributed by atoms with Crippen LogP contribution < -0.4 is 0 Å². The van der Waals surface area contributed by atoms with E-state index in [4.69, 9.17) is 0 Å². The average molecular weight is 321 g/mol. The lowest BCUT2D eigenvalue weighted by Crippen LogP contribution is -2.09. The van der Waals surface area contributed by atoms with Crippen LogP contribution in [-0.2, 0) is 0 Å². The minimum Gasteiger partial charge on any atom is -0.288 e. The van der Waals surface area contributed by atoms with E-state index in [2.05, 4.69) is 15.9 Å². The highest BCUT2D eigenvalue weighted by molar-refractivity contribution is 9.10. The van der Waals surface area contributed by atoms with Crippen molar-refractivity contribution in [2.75, 3.05) is 0 Å². The molecule has 0 unspecified atom stereocenters. The zero-order valence-electron chi connectivity index (χ0n) is 11.1. The molecule has 0 fully saturated rings. The number of halogens is 2. The minimum absolute atomic E-state index is 0.109. The van der Waals surface area contributed by atoms with E-state index in [1.165, 1.54) is 12.1 Å². The molecule has 0 amide bonds. The summed E-state index contributed by atoms with van der Waals surface area (Å²) in [6.45, 7) is 5.74. The fourth-order valence-corrected chi connectivity index (χ4v) is 2.68. The quantitative estimate of drug-likeness (QED) is 0.730. The minimum atomic E-state index is -0.501. The second-order valence-corrected chi connectivity index (χ2v) is 5.64. The SMILES string of the molecule is Cc1cc(C)c(C(=O)c2ccc(Br)cc2F)c(C)c1. The molecule has 0 aliphatic heterocycles. The zero-order valence-corrected chi connectivity index (χ0v) is 12.6. The third kappa shape index (κ3) is 2.76. The number of rotatable bonds is 2.